The van der Waals surface area contributed by atoms with Crippen LogP contribution in [0.15, 0.2) is 23.1 Å². The van der Waals surface area contributed by atoms with Crippen molar-refractivity contribution in [2.24, 2.45) is 11.8 Å². The van der Waals surface area contributed by atoms with Crippen LogP contribution in [0.25, 0.3) is 0 Å². The fourth-order valence-corrected chi connectivity index (χ4v) is 4.77. The van der Waals surface area contributed by atoms with Crippen molar-refractivity contribution < 1.29 is 17.9 Å². The summed E-state index contributed by atoms with van der Waals surface area (Å²) in [5.74, 6) is 0.150. The molecule has 0 saturated heterocycles. The minimum absolute atomic E-state index is 0.130. The molecule has 1 aromatic carbocycles. The normalized spacial score (nSPS) is 26.2. The van der Waals surface area contributed by atoms with Gasteiger partial charge in [-0.05, 0) is 42.4 Å². The molecule has 1 fully saturated rings. The second kappa shape index (κ2) is 6.42. The minimum Gasteiger partial charge on any atom is -0.392 e. The molecule has 21 heavy (non-hydrogen) atoms. The van der Waals surface area contributed by atoms with Gasteiger partial charge in [-0.25, -0.2) is 17.5 Å². The van der Waals surface area contributed by atoms with Gasteiger partial charge in [0.15, 0.2) is 0 Å². The molecule has 1 aliphatic carbocycles. The Morgan fingerprint density at radius 1 is 1.38 bits per heavy atom. The molecule has 0 radical (unpaired) electrons. The molecule has 0 spiro atoms. The fraction of sp³-hybridized carbons (Fsp3) is 0.600. The van der Waals surface area contributed by atoms with Gasteiger partial charge in [-0.2, -0.15) is 0 Å². The predicted octanol–water partition coefficient (Wildman–Crippen LogP) is 2.42. The number of nitrogens with one attached hydrogen (secondary N) is 1. The van der Waals surface area contributed by atoms with Gasteiger partial charge in [0.05, 0.1) is 11.5 Å². The molecule has 0 bridgehead atoms. The first-order valence-electron chi connectivity index (χ1n) is 7.30. The maximum atomic E-state index is 13.3. The minimum atomic E-state index is -3.82. The van der Waals surface area contributed by atoms with Crippen molar-refractivity contribution >= 4 is 10.0 Å². The first-order chi connectivity index (χ1) is 9.89. The third-order valence-electron chi connectivity index (χ3n) is 4.55. The van der Waals surface area contributed by atoms with E-state index in [0.29, 0.717) is 5.92 Å². The van der Waals surface area contributed by atoms with E-state index in [1.54, 1.807) is 0 Å². The molecule has 4 nitrogen and oxygen atoms in total. The van der Waals surface area contributed by atoms with E-state index in [1.165, 1.54) is 6.07 Å². The van der Waals surface area contributed by atoms with E-state index >= 15 is 0 Å². The molecule has 0 amide bonds. The quantitative estimate of drug-likeness (QED) is 0.877. The number of hydrogen-bond acceptors (Lipinski definition) is 3. The number of halogens is 1. The maximum absolute atomic E-state index is 13.3. The summed E-state index contributed by atoms with van der Waals surface area (Å²) in [7, 11) is -3.82. The molecule has 6 heteroatoms. The zero-order chi connectivity index (χ0) is 15.6. The highest BCUT2D eigenvalue weighted by atomic mass is 32.2. The summed E-state index contributed by atoms with van der Waals surface area (Å²) in [5.41, 5.74) is 0.210. The van der Waals surface area contributed by atoms with Crippen molar-refractivity contribution in [1.29, 1.82) is 0 Å². The molecule has 0 aliphatic heterocycles. The van der Waals surface area contributed by atoms with Crippen LogP contribution in [0, 0.1) is 17.7 Å². The molecular weight excluding hydrogens is 293 g/mol. The molecule has 0 aromatic heterocycles. The van der Waals surface area contributed by atoms with E-state index in [4.69, 9.17) is 0 Å². The van der Waals surface area contributed by atoms with Crippen LogP contribution >= 0.6 is 0 Å². The third kappa shape index (κ3) is 3.44. The maximum Gasteiger partial charge on any atom is 0.241 e. The molecule has 3 atom stereocenters. The van der Waals surface area contributed by atoms with Crippen LogP contribution in [0.2, 0.25) is 0 Å². The van der Waals surface area contributed by atoms with Gasteiger partial charge >= 0.3 is 0 Å². The van der Waals surface area contributed by atoms with Crippen molar-refractivity contribution in [3.63, 3.8) is 0 Å². The number of hydrogen-bond donors (Lipinski definition) is 2. The lowest BCUT2D eigenvalue weighted by atomic mass is 9.94. The molecule has 0 heterocycles. The topological polar surface area (TPSA) is 66.4 Å². The number of benzene rings is 1. The summed E-state index contributed by atoms with van der Waals surface area (Å²) < 4.78 is 41.0. The lowest BCUT2D eigenvalue weighted by Gasteiger charge is -2.21. The van der Waals surface area contributed by atoms with E-state index in [-0.39, 0.29) is 22.4 Å². The van der Waals surface area contributed by atoms with Crippen molar-refractivity contribution in [1.82, 2.24) is 4.72 Å². The van der Waals surface area contributed by atoms with Crippen LogP contribution in [0.1, 0.15) is 38.7 Å². The summed E-state index contributed by atoms with van der Waals surface area (Å²) >= 11 is 0. The van der Waals surface area contributed by atoms with E-state index < -0.39 is 22.4 Å². The van der Waals surface area contributed by atoms with Crippen molar-refractivity contribution in [2.45, 2.75) is 50.7 Å². The van der Waals surface area contributed by atoms with Gasteiger partial charge in [-0.3, -0.25) is 0 Å². The van der Waals surface area contributed by atoms with E-state index in [1.807, 2.05) is 6.92 Å². The second-order valence-electron chi connectivity index (χ2n) is 5.74. The Morgan fingerprint density at radius 3 is 2.67 bits per heavy atom. The van der Waals surface area contributed by atoms with Crippen LogP contribution in [-0.4, -0.2) is 19.6 Å². The Balaban J connectivity index is 2.25. The number of aliphatic hydroxyl groups is 1. The first-order valence-corrected chi connectivity index (χ1v) is 8.79. The zero-order valence-corrected chi connectivity index (χ0v) is 13.2. The molecule has 2 N–H and O–H groups in total. The third-order valence-corrected chi connectivity index (χ3v) is 6.12. The van der Waals surface area contributed by atoms with Gasteiger partial charge in [-0.1, -0.05) is 26.3 Å². The van der Waals surface area contributed by atoms with Crippen LogP contribution in [0.5, 0.6) is 0 Å². The van der Waals surface area contributed by atoms with E-state index in [2.05, 4.69) is 11.6 Å². The summed E-state index contributed by atoms with van der Waals surface area (Å²) in [5, 5.41) is 9.25. The number of aliphatic hydroxyl groups excluding tert-OH is 1. The van der Waals surface area contributed by atoms with Crippen molar-refractivity contribution in [3.8, 4) is 0 Å². The Kier molecular flexibility index (Phi) is 5.01. The van der Waals surface area contributed by atoms with Crippen LogP contribution in [-0.2, 0) is 16.6 Å². The Morgan fingerprint density at radius 2 is 2.10 bits per heavy atom. The van der Waals surface area contributed by atoms with Gasteiger partial charge in [-0.15, -0.1) is 0 Å². The molecule has 1 aliphatic rings. The molecule has 1 saturated carbocycles. The average Bonchev–Trinajstić information content (AvgIpc) is 2.79. The first kappa shape index (κ1) is 16.4. The van der Waals surface area contributed by atoms with Gasteiger partial charge in [0.2, 0.25) is 10.0 Å². The van der Waals surface area contributed by atoms with E-state index in [0.717, 1.165) is 31.4 Å². The van der Waals surface area contributed by atoms with Crippen LogP contribution < -0.4 is 4.72 Å². The summed E-state index contributed by atoms with van der Waals surface area (Å²) in [4.78, 5) is -0.169. The van der Waals surface area contributed by atoms with Crippen molar-refractivity contribution in [2.75, 3.05) is 0 Å². The van der Waals surface area contributed by atoms with Crippen molar-refractivity contribution in [3.05, 3.63) is 29.6 Å². The monoisotopic (exact) mass is 315 g/mol. The number of rotatable bonds is 5. The summed E-state index contributed by atoms with van der Waals surface area (Å²) in [6, 6.07) is 3.28. The average molecular weight is 315 g/mol. The summed E-state index contributed by atoms with van der Waals surface area (Å²) in [6.45, 7) is 3.72. The standard InChI is InChI=1S/C15H22FNO3S/c1-3-11-5-7-14(10(11)2)17-21(19,20)15-8-13(16)6-4-12(15)9-18/h4,6,8,10-11,14,17-18H,3,5,7,9H2,1-2H3. The molecule has 2 rings (SSSR count). The highest BCUT2D eigenvalue weighted by molar-refractivity contribution is 7.89. The Hall–Kier alpha value is -0.980. The van der Waals surface area contributed by atoms with Gasteiger partial charge in [0, 0.05) is 6.04 Å². The smallest absolute Gasteiger partial charge is 0.241 e. The molecular formula is C15H22FNO3S. The van der Waals surface area contributed by atoms with Crippen LogP contribution in [0.4, 0.5) is 4.39 Å². The van der Waals surface area contributed by atoms with Gasteiger partial charge < -0.3 is 5.11 Å². The Labute approximate surface area is 125 Å². The van der Waals surface area contributed by atoms with Gasteiger partial charge in [0.1, 0.15) is 5.82 Å². The lowest BCUT2D eigenvalue weighted by Crippen LogP contribution is -2.37. The predicted molar refractivity (Wildman–Crippen MR) is 78.6 cm³/mol. The fourth-order valence-electron chi connectivity index (χ4n) is 3.16. The zero-order valence-electron chi connectivity index (χ0n) is 12.3. The summed E-state index contributed by atoms with van der Waals surface area (Å²) in [6.07, 6.45) is 2.82. The van der Waals surface area contributed by atoms with Crippen LogP contribution in [0.3, 0.4) is 0 Å². The highest BCUT2D eigenvalue weighted by Gasteiger charge is 2.35. The SMILES string of the molecule is CCC1CCC(NS(=O)(=O)c2cc(F)ccc2CO)C1C. The molecule has 1 aromatic rings. The lowest BCUT2D eigenvalue weighted by molar-refractivity contribution is 0.278. The number of sulfonamides is 1. The molecule has 3 unspecified atom stereocenters. The van der Waals surface area contributed by atoms with E-state index in [9.17, 15) is 17.9 Å². The van der Waals surface area contributed by atoms with Gasteiger partial charge in [0.25, 0.3) is 0 Å². The highest BCUT2D eigenvalue weighted by Crippen LogP contribution is 2.34. The Bertz CT molecular complexity index is 603. The largest absolute Gasteiger partial charge is 0.392 e. The molecule has 118 valence electrons. The second-order valence-corrected chi connectivity index (χ2v) is 7.43.